The van der Waals surface area contributed by atoms with E-state index in [1.54, 1.807) is 0 Å². The number of benzene rings is 2. The first-order chi connectivity index (χ1) is 16.2. The molecule has 2 aromatic carbocycles. The zero-order valence-electron chi connectivity index (χ0n) is 18.0. The van der Waals surface area contributed by atoms with Crippen molar-refractivity contribution in [2.24, 2.45) is 0 Å². The summed E-state index contributed by atoms with van der Waals surface area (Å²) in [5.74, 6) is -0.753. The van der Waals surface area contributed by atoms with E-state index in [4.69, 9.17) is 4.74 Å². The molecule has 2 amide bonds. The van der Waals surface area contributed by atoms with Gasteiger partial charge in [-0.3, -0.25) is 14.9 Å². The molecule has 166 valence electrons. The van der Waals surface area contributed by atoms with Gasteiger partial charge in [0.2, 0.25) is 0 Å². The molecule has 1 atom stereocenters. The van der Waals surface area contributed by atoms with E-state index < -0.39 is 0 Å². The van der Waals surface area contributed by atoms with Crippen LogP contribution in [-0.2, 0) is 27.4 Å². The van der Waals surface area contributed by atoms with Crippen LogP contribution in [0.1, 0.15) is 17.5 Å². The van der Waals surface area contributed by atoms with Crippen LogP contribution in [0.25, 0.3) is 33.0 Å². The number of aliphatic hydroxyl groups is 1. The molecule has 0 saturated heterocycles. The summed E-state index contributed by atoms with van der Waals surface area (Å²) < 4.78 is 10.1. The summed E-state index contributed by atoms with van der Waals surface area (Å²) in [6, 6.07) is 15.7. The number of fused-ring (bicyclic) bond motifs is 12. The number of imide groups is 1. The number of para-hydroxylation sites is 2. The molecular weight excluding hydrogens is 418 g/mol. The summed E-state index contributed by atoms with van der Waals surface area (Å²) in [4.78, 5) is 26.2. The van der Waals surface area contributed by atoms with Gasteiger partial charge in [0, 0.05) is 58.4 Å². The molecule has 33 heavy (non-hydrogen) atoms. The van der Waals surface area contributed by atoms with Crippen molar-refractivity contribution in [3.8, 4) is 0 Å². The topological polar surface area (TPSA) is 85.5 Å². The largest absolute Gasteiger partial charge is 0.394 e. The second kappa shape index (κ2) is 7.72. The Bertz CT molecular complexity index is 1460. The molecule has 2 N–H and O–H groups in total. The van der Waals surface area contributed by atoms with Crippen LogP contribution in [0.15, 0.2) is 60.9 Å². The Morgan fingerprint density at radius 1 is 0.848 bits per heavy atom. The number of nitrogens with zero attached hydrogens (tertiary/aromatic N) is 2. The van der Waals surface area contributed by atoms with Crippen molar-refractivity contribution >= 4 is 44.8 Å². The molecule has 2 aliphatic rings. The third-order valence-electron chi connectivity index (χ3n) is 6.63. The van der Waals surface area contributed by atoms with Gasteiger partial charge in [0.05, 0.1) is 30.5 Å². The number of ether oxygens (including phenoxy) is 1. The predicted octanol–water partition coefficient (Wildman–Crippen LogP) is 2.94. The van der Waals surface area contributed by atoms with E-state index in [1.165, 1.54) is 0 Å². The second-order valence-corrected chi connectivity index (χ2v) is 8.50. The van der Waals surface area contributed by atoms with Gasteiger partial charge in [-0.2, -0.15) is 0 Å². The summed E-state index contributed by atoms with van der Waals surface area (Å²) in [6.07, 6.45) is 4.21. The molecule has 0 spiro atoms. The van der Waals surface area contributed by atoms with E-state index in [9.17, 15) is 14.7 Å². The van der Waals surface area contributed by atoms with Gasteiger partial charge in [-0.15, -0.1) is 0 Å². The number of carbonyl (C=O) groups is 2. The zero-order valence-corrected chi connectivity index (χ0v) is 18.0. The number of nitrogens with one attached hydrogen (secondary N) is 1. The maximum Gasteiger partial charge on any atom is 0.259 e. The Balaban J connectivity index is 1.68. The van der Waals surface area contributed by atoms with Crippen LogP contribution in [-0.4, -0.2) is 45.4 Å². The van der Waals surface area contributed by atoms with E-state index in [-0.39, 0.29) is 24.5 Å². The predicted molar refractivity (Wildman–Crippen MR) is 125 cm³/mol. The number of hydrogen-bond acceptors (Lipinski definition) is 4. The van der Waals surface area contributed by atoms with Gasteiger partial charge in [0.25, 0.3) is 11.8 Å². The van der Waals surface area contributed by atoms with E-state index >= 15 is 0 Å². The first-order valence-electron chi connectivity index (χ1n) is 11.1. The number of rotatable bonds is 1. The molecule has 4 bridgehead atoms. The van der Waals surface area contributed by atoms with Gasteiger partial charge >= 0.3 is 0 Å². The molecule has 7 nitrogen and oxygen atoms in total. The van der Waals surface area contributed by atoms with Crippen molar-refractivity contribution in [2.45, 2.75) is 25.6 Å². The van der Waals surface area contributed by atoms with Crippen molar-refractivity contribution in [1.82, 2.24) is 14.5 Å². The number of carbonyl (C=O) groups excluding carboxylic acids is 2. The Labute approximate surface area is 189 Å². The van der Waals surface area contributed by atoms with Crippen LogP contribution < -0.4 is 5.32 Å². The van der Waals surface area contributed by atoms with Crippen molar-refractivity contribution in [1.29, 1.82) is 0 Å². The monoisotopic (exact) mass is 441 g/mol. The lowest BCUT2D eigenvalue weighted by Crippen LogP contribution is -2.22. The molecular formula is C26H23N3O4. The second-order valence-electron chi connectivity index (χ2n) is 8.50. The minimum atomic E-state index is -0.376. The highest BCUT2D eigenvalue weighted by molar-refractivity contribution is 6.50. The van der Waals surface area contributed by atoms with Crippen LogP contribution >= 0.6 is 0 Å². The van der Waals surface area contributed by atoms with E-state index in [1.807, 2.05) is 60.9 Å². The number of amides is 2. The number of aromatic nitrogens is 2. The maximum atomic E-state index is 13.1. The number of hydrogen-bond donors (Lipinski definition) is 2. The lowest BCUT2D eigenvalue weighted by Gasteiger charge is -2.17. The third-order valence-corrected chi connectivity index (χ3v) is 6.63. The SMILES string of the molecule is O=C1NC(=O)C2=C1c1cn(c3ccccc13)CCOC(CO)CCn1cc2c2ccccc21. The molecule has 0 aliphatic carbocycles. The van der Waals surface area contributed by atoms with E-state index in [2.05, 4.69) is 14.5 Å². The van der Waals surface area contributed by atoms with Gasteiger partial charge in [-0.1, -0.05) is 36.4 Å². The lowest BCUT2D eigenvalue weighted by atomic mass is 9.95. The normalized spacial score (nSPS) is 19.1. The number of aryl methyl sites for hydroxylation is 1. The molecule has 0 radical (unpaired) electrons. The highest BCUT2D eigenvalue weighted by Gasteiger charge is 2.35. The van der Waals surface area contributed by atoms with Gasteiger partial charge < -0.3 is 19.0 Å². The van der Waals surface area contributed by atoms with E-state index in [0.717, 1.165) is 32.9 Å². The van der Waals surface area contributed by atoms with E-state index in [0.29, 0.717) is 37.3 Å². The molecule has 2 aliphatic heterocycles. The van der Waals surface area contributed by atoms with Crippen molar-refractivity contribution in [3.63, 3.8) is 0 Å². The summed E-state index contributed by atoms with van der Waals surface area (Å²) in [7, 11) is 0. The van der Waals surface area contributed by atoms with Gasteiger partial charge in [0.15, 0.2) is 0 Å². The standard InChI is InChI=1S/C26H23N3O4/c30-15-16-9-10-28-13-19(17-5-1-3-7-21(17)28)23-24(26(32)27-25(23)31)20-14-29(11-12-33-16)22-8-4-2-6-18(20)22/h1-8,13-14,16,30H,9-12,15H2,(H,27,31,32). The minimum Gasteiger partial charge on any atom is -0.394 e. The Hall–Kier alpha value is -3.68. The smallest absolute Gasteiger partial charge is 0.259 e. The van der Waals surface area contributed by atoms with Crippen molar-refractivity contribution < 1.29 is 19.4 Å². The van der Waals surface area contributed by atoms with Crippen LogP contribution in [0.2, 0.25) is 0 Å². The highest BCUT2D eigenvalue weighted by Crippen LogP contribution is 2.39. The summed E-state index contributed by atoms with van der Waals surface area (Å²) in [5.41, 5.74) is 4.22. The molecule has 7 heteroatoms. The minimum absolute atomic E-state index is 0.0596. The maximum absolute atomic E-state index is 13.1. The molecule has 4 aromatic rings. The fourth-order valence-electron chi connectivity index (χ4n) is 5.06. The summed E-state index contributed by atoms with van der Waals surface area (Å²) >= 11 is 0. The first-order valence-corrected chi connectivity index (χ1v) is 11.1. The molecule has 4 heterocycles. The average molecular weight is 441 g/mol. The van der Waals surface area contributed by atoms with Crippen LogP contribution in [0.5, 0.6) is 0 Å². The van der Waals surface area contributed by atoms with Crippen molar-refractivity contribution in [2.75, 3.05) is 13.2 Å². The Kier molecular flexibility index (Phi) is 4.67. The molecule has 0 fully saturated rings. The third kappa shape index (κ3) is 3.12. The molecule has 6 rings (SSSR count). The van der Waals surface area contributed by atoms with Crippen LogP contribution in [0.4, 0.5) is 0 Å². The van der Waals surface area contributed by atoms with Gasteiger partial charge in [-0.25, -0.2) is 0 Å². The van der Waals surface area contributed by atoms with Crippen LogP contribution in [0, 0.1) is 0 Å². The van der Waals surface area contributed by atoms with Gasteiger partial charge in [0.1, 0.15) is 0 Å². The fourth-order valence-corrected chi connectivity index (χ4v) is 5.06. The summed E-state index contributed by atoms with van der Waals surface area (Å²) in [5, 5.41) is 14.2. The molecule has 0 saturated carbocycles. The average Bonchev–Trinajstić information content (AvgIpc) is 3.46. The zero-order chi connectivity index (χ0) is 22.5. The molecule has 1 unspecified atom stereocenters. The Morgan fingerprint density at radius 3 is 1.97 bits per heavy atom. The lowest BCUT2D eigenvalue weighted by molar-refractivity contribution is -0.122. The Morgan fingerprint density at radius 2 is 1.39 bits per heavy atom. The molecule has 2 aromatic heterocycles. The van der Waals surface area contributed by atoms with Crippen LogP contribution in [0.3, 0.4) is 0 Å². The quantitative estimate of drug-likeness (QED) is 0.445. The number of aliphatic hydroxyl groups excluding tert-OH is 1. The van der Waals surface area contributed by atoms with Gasteiger partial charge in [-0.05, 0) is 18.6 Å². The fraction of sp³-hybridized carbons (Fsp3) is 0.231. The first kappa shape index (κ1) is 20.0. The van der Waals surface area contributed by atoms with Crippen molar-refractivity contribution in [3.05, 3.63) is 72.1 Å². The highest BCUT2D eigenvalue weighted by atomic mass is 16.5. The summed E-state index contributed by atoms with van der Waals surface area (Å²) in [6.45, 7) is 1.56.